The summed E-state index contributed by atoms with van der Waals surface area (Å²) in [6, 6.07) is 5.96. The molecular formula is C18H27FN2O2. The molecule has 0 unspecified atom stereocenters. The zero-order chi connectivity index (χ0) is 16.9. The summed E-state index contributed by atoms with van der Waals surface area (Å²) in [4.78, 5) is 23.3. The molecule has 1 rings (SSSR count). The molecule has 1 aromatic carbocycles. The fourth-order valence-electron chi connectivity index (χ4n) is 2.16. The quantitative estimate of drug-likeness (QED) is 0.614. The smallest absolute Gasteiger partial charge is 0.220 e. The summed E-state index contributed by atoms with van der Waals surface area (Å²) in [5, 5.41) is 5.56. The van der Waals surface area contributed by atoms with E-state index in [1.165, 1.54) is 31.4 Å². The largest absolute Gasteiger partial charge is 0.356 e. The molecule has 4 nitrogen and oxygen atoms in total. The molecule has 23 heavy (non-hydrogen) atoms. The minimum absolute atomic E-state index is 0.0857. The summed E-state index contributed by atoms with van der Waals surface area (Å²) in [7, 11) is 0. The van der Waals surface area contributed by atoms with Crippen LogP contribution in [0.3, 0.4) is 0 Å². The number of nitrogens with one attached hydrogen (secondary N) is 2. The average Bonchev–Trinajstić information content (AvgIpc) is 2.55. The highest BCUT2D eigenvalue weighted by Gasteiger charge is 2.06. The molecule has 0 aliphatic heterocycles. The molecule has 0 aromatic heterocycles. The molecule has 0 atom stereocenters. The Morgan fingerprint density at radius 3 is 2.17 bits per heavy atom. The molecule has 0 fully saturated rings. The molecule has 0 saturated heterocycles. The Hall–Kier alpha value is -1.91. The van der Waals surface area contributed by atoms with Gasteiger partial charge in [-0.1, -0.05) is 44.7 Å². The van der Waals surface area contributed by atoms with Gasteiger partial charge in [0.1, 0.15) is 5.82 Å². The maximum absolute atomic E-state index is 12.8. The van der Waals surface area contributed by atoms with Gasteiger partial charge in [-0.05, 0) is 24.1 Å². The Balaban J connectivity index is 2.06. The normalized spacial score (nSPS) is 10.3. The first-order chi connectivity index (χ1) is 11.1. The van der Waals surface area contributed by atoms with Gasteiger partial charge >= 0.3 is 0 Å². The van der Waals surface area contributed by atoms with Crippen LogP contribution in [0, 0.1) is 5.82 Å². The van der Waals surface area contributed by atoms with Crippen molar-refractivity contribution >= 4 is 11.8 Å². The molecule has 0 aliphatic carbocycles. The number of unbranched alkanes of at least 4 members (excludes halogenated alkanes) is 4. The van der Waals surface area contributed by atoms with E-state index < -0.39 is 0 Å². The van der Waals surface area contributed by atoms with Crippen molar-refractivity contribution in [1.29, 1.82) is 0 Å². The van der Waals surface area contributed by atoms with Crippen molar-refractivity contribution in [3.05, 3.63) is 35.6 Å². The summed E-state index contributed by atoms with van der Waals surface area (Å²) in [6.07, 6.45) is 6.14. The van der Waals surface area contributed by atoms with Crippen molar-refractivity contribution in [2.45, 2.75) is 58.4 Å². The van der Waals surface area contributed by atoms with Crippen molar-refractivity contribution in [2.75, 3.05) is 6.54 Å². The third-order valence-corrected chi connectivity index (χ3v) is 3.58. The van der Waals surface area contributed by atoms with Crippen LogP contribution in [0.25, 0.3) is 0 Å². The molecule has 0 heterocycles. The standard InChI is InChI=1S/C18H27FN2O2/c1-2-3-4-5-6-13-20-17(22)11-12-18(23)21-14-15-7-9-16(19)10-8-15/h7-10H,2-6,11-14H2,1H3,(H,20,22)(H,21,23). The Morgan fingerprint density at radius 1 is 0.913 bits per heavy atom. The lowest BCUT2D eigenvalue weighted by molar-refractivity contribution is -0.126. The van der Waals surface area contributed by atoms with E-state index in [0.29, 0.717) is 13.1 Å². The third-order valence-electron chi connectivity index (χ3n) is 3.58. The highest BCUT2D eigenvalue weighted by atomic mass is 19.1. The van der Waals surface area contributed by atoms with Gasteiger partial charge in [0.05, 0.1) is 0 Å². The van der Waals surface area contributed by atoms with Crippen LogP contribution < -0.4 is 10.6 Å². The van der Waals surface area contributed by atoms with Crippen molar-refractivity contribution in [3.63, 3.8) is 0 Å². The summed E-state index contributed by atoms with van der Waals surface area (Å²) in [6.45, 7) is 3.20. The van der Waals surface area contributed by atoms with E-state index in [-0.39, 0.29) is 30.5 Å². The van der Waals surface area contributed by atoms with Crippen LogP contribution in [0.5, 0.6) is 0 Å². The molecule has 0 saturated carbocycles. The Bertz CT molecular complexity index is 474. The second-order valence-electron chi connectivity index (χ2n) is 5.67. The van der Waals surface area contributed by atoms with Crippen molar-refractivity contribution in [3.8, 4) is 0 Å². The highest BCUT2D eigenvalue weighted by Crippen LogP contribution is 2.03. The van der Waals surface area contributed by atoms with E-state index in [0.717, 1.165) is 18.4 Å². The van der Waals surface area contributed by atoms with Crippen LogP contribution in [-0.2, 0) is 16.1 Å². The summed E-state index contributed by atoms with van der Waals surface area (Å²) < 4.78 is 12.8. The first-order valence-electron chi connectivity index (χ1n) is 8.39. The lowest BCUT2D eigenvalue weighted by Crippen LogP contribution is -2.28. The van der Waals surface area contributed by atoms with Gasteiger partial charge in [-0.3, -0.25) is 9.59 Å². The topological polar surface area (TPSA) is 58.2 Å². The molecule has 0 spiro atoms. The monoisotopic (exact) mass is 322 g/mol. The Kier molecular flexibility index (Phi) is 9.68. The zero-order valence-electron chi connectivity index (χ0n) is 13.9. The van der Waals surface area contributed by atoms with Gasteiger partial charge in [-0.15, -0.1) is 0 Å². The van der Waals surface area contributed by atoms with Gasteiger partial charge in [0.2, 0.25) is 11.8 Å². The molecule has 1 aromatic rings. The van der Waals surface area contributed by atoms with Gasteiger partial charge in [0.15, 0.2) is 0 Å². The molecule has 2 amide bonds. The van der Waals surface area contributed by atoms with E-state index in [4.69, 9.17) is 0 Å². The molecule has 2 N–H and O–H groups in total. The minimum Gasteiger partial charge on any atom is -0.356 e. The minimum atomic E-state index is -0.300. The Labute approximate surface area is 137 Å². The fraction of sp³-hybridized carbons (Fsp3) is 0.556. The number of hydrogen-bond acceptors (Lipinski definition) is 2. The molecular weight excluding hydrogens is 295 g/mol. The lowest BCUT2D eigenvalue weighted by atomic mass is 10.1. The number of halogens is 1. The van der Waals surface area contributed by atoms with Gasteiger partial charge in [-0.2, -0.15) is 0 Å². The zero-order valence-corrected chi connectivity index (χ0v) is 13.9. The van der Waals surface area contributed by atoms with Crippen molar-refractivity contribution < 1.29 is 14.0 Å². The molecule has 0 bridgehead atoms. The van der Waals surface area contributed by atoms with Crippen molar-refractivity contribution in [1.82, 2.24) is 10.6 Å². The lowest BCUT2D eigenvalue weighted by Gasteiger charge is -2.07. The number of rotatable bonds is 11. The van der Waals surface area contributed by atoms with E-state index in [1.807, 2.05) is 0 Å². The second kappa shape index (κ2) is 11.6. The number of hydrogen-bond donors (Lipinski definition) is 2. The third kappa shape index (κ3) is 9.66. The van der Waals surface area contributed by atoms with E-state index in [1.54, 1.807) is 12.1 Å². The van der Waals surface area contributed by atoms with Crippen molar-refractivity contribution in [2.24, 2.45) is 0 Å². The van der Waals surface area contributed by atoms with E-state index >= 15 is 0 Å². The maximum atomic E-state index is 12.8. The predicted octanol–water partition coefficient (Wildman–Crippen LogP) is 3.31. The van der Waals surface area contributed by atoms with Crippen LogP contribution in [0.2, 0.25) is 0 Å². The predicted molar refractivity (Wildman–Crippen MR) is 89.2 cm³/mol. The number of carbonyl (C=O) groups is 2. The highest BCUT2D eigenvalue weighted by molar-refractivity contribution is 5.83. The molecule has 128 valence electrons. The molecule has 5 heteroatoms. The number of benzene rings is 1. The summed E-state index contributed by atoms with van der Waals surface area (Å²) in [5.41, 5.74) is 0.830. The average molecular weight is 322 g/mol. The fourth-order valence-corrected chi connectivity index (χ4v) is 2.16. The first-order valence-corrected chi connectivity index (χ1v) is 8.39. The van der Waals surface area contributed by atoms with Gasteiger partial charge in [-0.25, -0.2) is 4.39 Å². The SMILES string of the molecule is CCCCCCCNC(=O)CCC(=O)NCc1ccc(F)cc1. The number of carbonyl (C=O) groups excluding carboxylic acids is 2. The second-order valence-corrected chi connectivity index (χ2v) is 5.67. The van der Waals surface area contributed by atoms with E-state index in [9.17, 15) is 14.0 Å². The van der Waals surface area contributed by atoms with Gasteiger partial charge in [0, 0.05) is 25.9 Å². The van der Waals surface area contributed by atoms with Crippen LogP contribution in [0.15, 0.2) is 24.3 Å². The molecule has 0 radical (unpaired) electrons. The Morgan fingerprint density at radius 2 is 1.52 bits per heavy atom. The van der Waals surface area contributed by atoms with Crippen LogP contribution in [0.4, 0.5) is 4.39 Å². The van der Waals surface area contributed by atoms with Crippen LogP contribution in [-0.4, -0.2) is 18.4 Å². The van der Waals surface area contributed by atoms with Gasteiger partial charge < -0.3 is 10.6 Å². The van der Waals surface area contributed by atoms with Crippen LogP contribution in [0.1, 0.15) is 57.4 Å². The van der Waals surface area contributed by atoms with Gasteiger partial charge in [0.25, 0.3) is 0 Å². The summed E-state index contributed by atoms with van der Waals surface area (Å²) >= 11 is 0. The maximum Gasteiger partial charge on any atom is 0.220 e. The first kappa shape index (κ1) is 19.1. The summed E-state index contributed by atoms with van der Waals surface area (Å²) in [5.74, 6) is -0.559. The van der Waals surface area contributed by atoms with E-state index in [2.05, 4.69) is 17.6 Å². The molecule has 0 aliphatic rings. The van der Waals surface area contributed by atoms with Crippen LogP contribution >= 0.6 is 0 Å². The number of amides is 2.